The third-order valence-electron chi connectivity index (χ3n) is 5.75. The van der Waals surface area contributed by atoms with Crippen LogP contribution in [-0.2, 0) is 4.79 Å². The zero-order valence-electron chi connectivity index (χ0n) is 12.6. The van der Waals surface area contributed by atoms with Crippen LogP contribution in [0.2, 0.25) is 0 Å². The molecule has 0 aromatic carbocycles. The summed E-state index contributed by atoms with van der Waals surface area (Å²) in [6.45, 7) is 1.82. The van der Waals surface area contributed by atoms with Gasteiger partial charge in [-0.3, -0.25) is 4.79 Å². The number of likely N-dealkylation sites (tertiary alicyclic amines) is 1. The minimum absolute atomic E-state index is 0. The number of halogens is 1. The summed E-state index contributed by atoms with van der Waals surface area (Å²) >= 11 is 0. The maximum Gasteiger partial charge on any atom is 0.224 e. The molecule has 3 rings (SSSR count). The lowest BCUT2D eigenvalue weighted by Crippen LogP contribution is -2.38. The summed E-state index contributed by atoms with van der Waals surface area (Å²) < 4.78 is 0. The molecule has 20 heavy (non-hydrogen) atoms. The predicted molar refractivity (Wildman–Crippen MR) is 84.1 cm³/mol. The lowest BCUT2D eigenvalue weighted by Gasteiger charge is -2.30. The molecule has 3 aliphatic rings. The average molecular weight is 301 g/mol. The molecule has 2 bridgehead atoms. The Balaban J connectivity index is 0.00000147. The Kier molecular flexibility index (Phi) is 5.74. The average Bonchev–Trinajstić information content (AvgIpc) is 3.11. The van der Waals surface area contributed by atoms with Gasteiger partial charge in [-0.2, -0.15) is 0 Å². The van der Waals surface area contributed by atoms with Crippen molar-refractivity contribution in [2.24, 2.45) is 17.8 Å². The van der Waals surface area contributed by atoms with Gasteiger partial charge in [0.1, 0.15) is 0 Å². The van der Waals surface area contributed by atoms with Crippen molar-refractivity contribution in [1.29, 1.82) is 0 Å². The fourth-order valence-electron chi connectivity index (χ4n) is 4.80. The number of amides is 1. The van der Waals surface area contributed by atoms with E-state index in [-0.39, 0.29) is 12.4 Å². The molecule has 4 atom stereocenters. The number of hydrogen-bond acceptors (Lipinski definition) is 2. The first-order valence-electron chi connectivity index (χ1n) is 8.22. The summed E-state index contributed by atoms with van der Waals surface area (Å²) in [5, 5.41) is 3.08. The molecule has 1 heterocycles. The molecule has 2 saturated carbocycles. The number of carbonyl (C=O) groups is 1. The standard InChI is InChI=1S/C16H28N2O.ClH/c1-17-7-6-16(19)18-8-2-3-15(18)11-14-10-12-4-5-13(14)9-12;/h12-15,17H,2-11H2,1H3;1H. The smallest absolute Gasteiger partial charge is 0.224 e. The van der Waals surface area contributed by atoms with Crippen LogP contribution in [0, 0.1) is 17.8 Å². The van der Waals surface area contributed by atoms with Crippen LogP contribution in [0.5, 0.6) is 0 Å². The van der Waals surface area contributed by atoms with Gasteiger partial charge in [0.05, 0.1) is 0 Å². The highest BCUT2D eigenvalue weighted by molar-refractivity contribution is 5.85. The second kappa shape index (κ2) is 7.13. The number of rotatable bonds is 5. The highest BCUT2D eigenvalue weighted by atomic mass is 35.5. The van der Waals surface area contributed by atoms with Crippen molar-refractivity contribution >= 4 is 18.3 Å². The lowest BCUT2D eigenvalue weighted by atomic mass is 9.83. The Morgan fingerprint density at radius 3 is 2.75 bits per heavy atom. The Labute approximate surface area is 129 Å². The Hall–Kier alpha value is -0.280. The summed E-state index contributed by atoms with van der Waals surface area (Å²) in [7, 11) is 1.92. The van der Waals surface area contributed by atoms with E-state index in [1.807, 2.05) is 7.05 Å². The van der Waals surface area contributed by atoms with E-state index in [9.17, 15) is 4.79 Å². The van der Waals surface area contributed by atoms with Gasteiger partial charge in [-0.25, -0.2) is 0 Å². The fourth-order valence-corrected chi connectivity index (χ4v) is 4.80. The molecule has 1 amide bonds. The first kappa shape index (κ1) is 16.1. The van der Waals surface area contributed by atoms with Gasteiger partial charge < -0.3 is 10.2 Å². The number of nitrogens with one attached hydrogen (secondary N) is 1. The van der Waals surface area contributed by atoms with E-state index < -0.39 is 0 Å². The Morgan fingerprint density at radius 2 is 2.10 bits per heavy atom. The van der Waals surface area contributed by atoms with E-state index >= 15 is 0 Å². The Bertz CT molecular complexity index is 336. The van der Waals surface area contributed by atoms with Crippen molar-refractivity contribution < 1.29 is 4.79 Å². The van der Waals surface area contributed by atoms with E-state index in [4.69, 9.17) is 0 Å². The number of fused-ring (bicyclic) bond motifs is 2. The van der Waals surface area contributed by atoms with Gasteiger partial charge in [0.15, 0.2) is 0 Å². The monoisotopic (exact) mass is 300 g/mol. The van der Waals surface area contributed by atoms with E-state index in [2.05, 4.69) is 10.2 Å². The predicted octanol–water partition coefficient (Wildman–Crippen LogP) is 2.84. The molecule has 0 radical (unpaired) electrons. The molecule has 4 unspecified atom stereocenters. The number of hydrogen-bond donors (Lipinski definition) is 1. The second-order valence-corrected chi connectivity index (χ2v) is 6.91. The van der Waals surface area contributed by atoms with Crippen LogP contribution < -0.4 is 5.32 Å². The number of carbonyl (C=O) groups excluding carboxylic acids is 1. The molecule has 3 nitrogen and oxygen atoms in total. The van der Waals surface area contributed by atoms with Crippen LogP contribution in [-0.4, -0.2) is 37.0 Å². The van der Waals surface area contributed by atoms with E-state index in [1.54, 1.807) is 0 Å². The summed E-state index contributed by atoms with van der Waals surface area (Å²) in [6.07, 6.45) is 10.3. The van der Waals surface area contributed by atoms with Crippen molar-refractivity contribution in [3.05, 3.63) is 0 Å². The van der Waals surface area contributed by atoms with Gasteiger partial charge in [-0.15, -0.1) is 12.4 Å². The molecule has 4 heteroatoms. The maximum atomic E-state index is 12.2. The molecule has 1 saturated heterocycles. The Morgan fingerprint density at radius 1 is 1.25 bits per heavy atom. The minimum atomic E-state index is 0. The third-order valence-corrected chi connectivity index (χ3v) is 5.75. The zero-order chi connectivity index (χ0) is 13.2. The van der Waals surface area contributed by atoms with Crippen LogP contribution >= 0.6 is 12.4 Å². The van der Waals surface area contributed by atoms with Crippen LogP contribution in [0.3, 0.4) is 0 Å². The highest BCUT2D eigenvalue weighted by Crippen LogP contribution is 2.50. The van der Waals surface area contributed by atoms with Crippen molar-refractivity contribution in [3.63, 3.8) is 0 Å². The molecular weight excluding hydrogens is 272 g/mol. The van der Waals surface area contributed by atoms with E-state index in [0.29, 0.717) is 18.4 Å². The number of nitrogens with zero attached hydrogens (tertiary/aromatic N) is 1. The second-order valence-electron chi connectivity index (χ2n) is 6.91. The molecule has 1 aliphatic heterocycles. The first-order chi connectivity index (χ1) is 9.28. The van der Waals surface area contributed by atoms with E-state index in [0.717, 1.165) is 30.8 Å². The molecule has 116 valence electrons. The maximum absolute atomic E-state index is 12.2. The molecule has 0 aromatic heterocycles. The quantitative estimate of drug-likeness (QED) is 0.847. The molecule has 3 fully saturated rings. The van der Waals surface area contributed by atoms with Crippen LogP contribution in [0.15, 0.2) is 0 Å². The summed E-state index contributed by atoms with van der Waals surface area (Å²) in [5.74, 6) is 3.34. The molecule has 0 aromatic rings. The van der Waals surface area contributed by atoms with Crippen LogP contribution in [0.4, 0.5) is 0 Å². The molecule has 0 spiro atoms. The van der Waals surface area contributed by atoms with Gasteiger partial charge in [0.2, 0.25) is 5.91 Å². The minimum Gasteiger partial charge on any atom is -0.340 e. The van der Waals surface area contributed by atoms with Gasteiger partial charge in [0, 0.05) is 25.6 Å². The molecule has 1 N–H and O–H groups in total. The zero-order valence-corrected chi connectivity index (χ0v) is 13.5. The van der Waals surface area contributed by atoms with Gasteiger partial charge in [-0.1, -0.05) is 6.42 Å². The van der Waals surface area contributed by atoms with E-state index in [1.165, 1.54) is 44.9 Å². The van der Waals surface area contributed by atoms with Crippen molar-refractivity contribution in [2.45, 2.75) is 57.4 Å². The van der Waals surface area contributed by atoms with Crippen LogP contribution in [0.25, 0.3) is 0 Å². The van der Waals surface area contributed by atoms with Gasteiger partial charge >= 0.3 is 0 Å². The summed E-state index contributed by atoms with van der Waals surface area (Å²) in [4.78, 5) is 14.4. The lowest BCUT2D eigenvalue weighted by molar-refractivity contribution is -0.132. The van der Waals surface area contributed by atoms with Gasteiger partial charge in [-0.05, 0) is 63.3 Å². The summed E-state index contributed by atoms with van der Waals surface area (Å²) in [5.41, 5.74) is 0. The van der Waals surface area contributed by atoms with Crippen molar-refractivity contribution in [3.8, 4) is 0 Å². The topological polar surface area (TPSA) is 32.3 Å². The SMILES string of the molecule is CNCCC(=O)N1CCCC1CC1CC2CCC1C2.Cl. The van der Waals surface area contributed by atoms with Crippen molar-refractivity contribution in [2.75, 3.05) is 20.1 Å². The van der Waals surface area contributed by atoms with Crippen molar-refractivity contribution in [1.82, 2.24) is 10.2 Å². The fraction of sp³-hybridized carbons (Fsp3) is 0.938. The molecular formula is C16H29ClN2O. The first-order valence-corrected chi connectivity index (χ1v) is 8.22. The largest absolute Gasteiger partial charge is 0.340 e. The van der Waals surface area contributed by atoms with Crippen LogP contribution in [0.1, 0.15) is 51.4 Å². The highest BCUT2D eigenvalue weighted by Gasteiger charge is 2.41. The summed E-state index contributed by atoms with van der Waals surface area (Å²) in [6, 6.07) is 0.564. The molecule has 2 aliphatic carbocycles. The normalized spacial score (nSPS) is 35.4. The van der Waals surface area contributed by atoms with Gasteiger partial charge in [0.25, 0.3) is 0 Å². The third kappa shape index (κ3) is 3.30.